The molecule has 1 aromatic carbocycles. The molecule has 0 radical (unpaired) electrons. The number of aryl methyl sites for hydroxylation is 1. The van der Waals surface area contributed by atoms with Gasteiger partial charge in [0.2, 0.25) is 5.89 Å². The lowest BCUT2D eigenvalue weighted by Gasteiger charge is -1.92. The molecule has 3 aromatic rings. The number of hydrogen-bond donors (Lipinski definition) is 1. The molecule has 0 atom stereocenters. The first-order chi connectivity index (χ1) is 9.30. The summed E-state index contributed by atoms with van der Waals surface area (Å²) in [5, 5.41) is 8.02. The summed E-state index contributed by atoms with van der Waals surface area (Å²) >= 11 is 0. The number of benzene rings is 1. The van der Waals surface area contributed by atoms with E-state index in [1.165, 1.54) is 5.56 Å². The molecule has 0 aliphatic heterocycles. The lowest BCUT2D eigenvalue weighted by molar-refractivity contribution is 0.598. The van der Waals surface area contributed by atoms with E-state index in [1.54, 1.807) is 10.9 Å². The van der Waals surface area contributed by atoms with Crippen molar-refractivity contribution in [2.24, 2.45) is 5.73 Å². The highest BCUT2D eigenvalue weighted by Gasteiger charge is 2.12. The van der Waals surface area contributed by atoms with Crippen molar-refractivity contribution in [1.29, 1.82) is 0 Å². The average molecular weight is 257 g/mol. The molecule has 0 amide bonds. The Bertz CT molecular complexity index is 700. The summed E-state index contributed by atoms with van der Waals surface area (Å²) in [6, 6.07) is 6.02. The Kier molecular flexibility index (Phi) is 3.00. The third kappa shape index (κ3) is 2.22. The van der Waals surface area contributed by atoms with Crippen LogP contribution in [0, 0.1) is 0 Å². The van der Waals surface area contributed by atoms with Gasteiger partial charge in [-0.15, -0.1) is 5.10 Å². The second-order valence-corrected chi connectivity index (χ2v) is 4.33. The topological polar surface area (TPSA) is 82.8 Å². The van der Waals surface area contributed by atoms with Gasteiger partial charge in [0.15, 0.2) is 11.3 Å². The summed E-state index contributed by atoms with van der Waals surface area (Å²) in [7, 11) is 0. The van der Waals surface area contributed by atoms with Crippen LogP contribution in [0.3, 0.4) is 0 Å². The molecule has 0 spiro atoms. The van der Waals surface area contributed by atoms with Crippen molar-refractivity contribution in [3.05, 3.63) is 30.0 Å². The van der Waals surface area contributed by atoms with Gasteiger partial charge in [-0.3, -0.25) is 4.68 Å². The highest BCUT2D eigenvalue weighted by molar-refractivity contribution is 5.76. The summed E-state index contributed by atoms with van der Waals surface area (Å²) in [6.07, 6.45) is 2.77. The van der Waals surface area contributed by atoms with Gasteiger partial charge in [0.25, 0.3) is 0 Å². The van der Waals surface area contributed by atoms with Crippen LogP contribution in [0.2, 0.25) is 0 Å². The molecule has 0 unspecified atom stereocenters. The quantitative estimate of drug-likeness (QED) is 0.767. The molecule has 0 saturated carbocycles. The Balaban J connectivity index is 1.99. The summed E-state index contributed by atoms with van der Waals surface area (Å²) in [6.45, 7) is 3.27. The van der Waals surface area contributed by atoms with Gasteiger partial charge in [0, 0.05) is 6.54 Å². The SMILES string of the molecule is CCc1ccc2oc(-c3cn(CCN)nn3)nc2c1. The van der Waals surface area contributed by atoms with Gasteiger partial charge in [0.1, 0.15) is 5.52 Å². The zero-order valence-electron chi connectivity index (χ0n) is 10.7. The van der Waals surface area contributed by atoms with Crippen LogP contribution in [0.4, 0.5) is 0 Å². The molecule has 0 fully saturated rings. The van der Waals surface area contributed by atoms with Crippen molar-refractivity contribution in [2.45, 2.75) is 19.9 Å². The maximum Gasteiger partial charge on any atom is 0.249 e. The predicted molar refractivity (Wildman–Crippen MR) is 71.5 cm³/mol. The number of nitrogens with zero attached hydrogens (tertiary/aromatic N) is 4. The van der Waals surface area contributed by atoms with E-state index in [1.807, 2.05) is 18.2 Å². The highest BCUT2D eigenvalue weighted by atomic mass is 16.3. The molecule has 6 heteroatoms. The van der Waals surface area contributed by atoms with E-state index in [9.17, 15) is 0 Å². The Hall–Kier alpha value is -2.21. The van der Waals surface area contributed by atoms with E-state index in [2.05, 4.69) is 22.2 Å². The van der Waals surface area contributed by atoms with Crippen molar-refractivity contribution < 1.29 is 4.42 Å². The molecule has 98 valence electrons. The fraction of sp³-hybridized carbons (Fsp3) is 0.308. The molecule has 3 rings (SSSR count). The molecule has 2 aromatic heterocycles. The van der Waals surface area contributed by atoms with Crippen LogP contribution in [-0.4, -0.2) is 26.5 Å². The van der Waals surface area contributed by atoms with E-state index >= 15 is 0 Å². The number of rotatable bonds is 4. The molecule has 0 aliphatic rings. The smallest absolute Gasteiger partial charge is 0.249 e. The molecule has 0 aliphatic carbocycles. The number of aromatic nitrogens is 4. The van der Waals surface area contributed by atoms with Crippen LogP contribution < -0.4 is 5.73 Å². The minimum atomic E-state index is 0.492. The first-order valence-corrected chi connectivity index (χ1v) is 6.30. The summed E-state index contributed by atoms with van der Waals surface area (Å²) in [4.78, 5) is 4.45. The maximum atomic E-state index is 5.69. The van der Waals surface area contributed by atoms with Gasteiger partial charge in [0.05, 0.1) is 12.7 Å². The molecule has 0 saturated heterocycles. The number of fused-ring (bicyclic) bond motifs is 1. The molecule has 0 bridgehead atoms. The maximum absolute atomic E-state index is 5.69. The van der Waals surface area contributed by atoms with Crippen LogP contribution in [0.1, 0.15) is 12.5 Å². The second-order valence-electron chi connectivity index (χ2n) is 4.33. The summed E-state index contributed by atoms with van der Waals surface area (Å²) < 4.78 is 7.37. The number of hydrogen-bond acceptors (Lipinski definition) is 5. The standard InChI is InChI=1S/C13H15N5O/c1-2-9-3-4-12-10(7-9)15-13(19-12)11-8-18(6-5-14)17-16-11/h3-4,7-8H,2,5-6,14H2,1H3. The van der Waals surface area contributed by atoms with Crippen molar-refractivity contribution in [1.82, 2.24) is 20.0 Å². The van der Waals surface area contributed by atoms with Crippen LogP contribution in [0.5, 0.6) is 0 Å². The Labute approximate surface area is 110 Å². The van der Waals surface area contributed by atoms with Gasteiger partial charge in [-0.25, -0.2) is 4.98 Å². The zero-order chi connectivity index (χ0) is 13.2. The van der Waals surface area contributed by atoms with Crippen molar-refractivity contribution in [2.75, 3.05) is 6.54 Å². The normalized spacial score (nSPS) is 11.3. The predicted octanol–water partition coefficient (Wildman–Crippen LogP) is 1.61. The number of oxazole rings is 1. The van der Waals surface area contributed by atoms with Crippen LogP contribution in [-0.2, 0) is 13.0 Å². The van der Waals surface area contributed by atoms with Crippen molar-refractivity contribution in [3.63, 3.8) is 0 Å². The van der Waals surface area contributed by atoms with E-state index in [4.69, 9.17) is 10.2 Å². The molecule has 2 heterocycles. The van der Waals surface area contributed by atoms with Gasteiger partial charge in [-0.05, 0) is 24.1 Å². The highest BCUT2D eigenvalue weighted by Crippen LogP contribution is 2.23. The minimum absolute atomic E-state index is 0.492. The molecular formula is C13H15N5O. The van der Waals surface area contributed by atoms with Gasteiger partial charge < -0.3 is 10.2 Å². The molecule has 19 heavy (non-hydrogen) atoms. The van der Waals surface area contributed by atoms with Gasteiger partial charge in [-0.2, -0.15) is 0 Å². The van der Waals surface area contributed by atoms with Crippen molar-refractivity contribution >= 4 is 11.1 Å². The summed E-state index contributed by atoms with van der Waals surface area (Å²) in [5.74, 6) is 0.492. The first kappa shape index (κ1) is 11.9. The van der Waals surface area contributed by atoms with E-state index in [-0.39, 0.29) is 0 Å². The largest absolute Gasteiger partial charge is 0.435 e. The fourth-order valence-corrected chi connectivity index (χ4v) is 1.94. The minimum Gasteiger partial charge on any atom is -0.435 e. The molecular weight excluding hydrogens is 242 g/mol. The van der Waals surface area contributed by atoms with Crippen LogP contribution in [0.15, 0.2) is 28.8 Å². The van der Waals surface area contributed by atoms with Crippen LogP contribution >= 0.6 is 0 Å². The van der Waals surface area contributed by atoms with Gasteiger partial charge >= 0.3 is 0 Å². The van der Waals surface area contributed by atoms with Gasteiger partial charge in [-0.1, -0.05) is 18.2 Å². The monoisotopic (exact) mass is 257 g/mol. The number of nitrogens with two attached hydrogens (primary N) is 1. The third-order valence-corrected chi connectivity index (χ3v) is 2.98. The first-order valence-electron chi connectivity index (χ1n) is 6.30. The van der Waals surface area contributed by atoms with E-state index < -0.39 is 0 Å². The molecule has 6 nitrogen and oxygen atoms in total. The second kappa shape index (κ2) is 4.81. The lowest BCUT2D eigenvalue weighted by atomic mass is 10.1. The Morgan fingerprint density at radius 1 is 1.37 bits per heavy atom. The summed E-state index contributed by atoms with van der Waals surface area (Å²) in [5.41, 5.74) is 8.95. The molecule has 2 N–H and O–H groups in total. The Morgan fingerprint density at radius 3 is 3.05 bits per heavy atom. The van der Waals surface area contributed by atoms with Crippen LogP contribution in [0.25, 0.3) is 22.7 Å². The third-order valence-electron chi connectivity index (χ3n) is 2.98. The van der Waals surface area contributed by atoms with E-state index in [0.717, 1.165) is 17.5 Å². The fourth-order valence-electron chi connectivity index (χ4n) is 1.94. The lowest BCUT2D eigenvalue weighted by Crippen LogP contribution is -2.10. The Morgan fingerprint density at radius 2 is 2.26 bits per heavy atom. The van der Waals surface area contributed by atoms with E-state index in [0.29, 0.717) is 24.7 Å². The zero-order valence-corrected chi connectivity index (χ0v) is 10.7. The van der Waals surface area contributed by atoms with Crippen molar-refractivity contribution in [3.8, 4) is 11.6 Å². The average Bonchev–Trinajstić information content (AvgIpc) is 3.03.